The van der Waals surface area contributed by atoms with E-state index in [2.05, 4.69) is 27.8 Å². The van der Waals surface area contributed by atoms with Crippen LogP contribution in [-0.4, -0.2) is 11.0 Å². The quantitative estimate of drug-likeness (QED) is 0.720. The molecule has 2 aromatic carbocycles. The molecule has 0 aliphatic rings. The van der Waals surface area contributed by atoms with Crippen LogP contribution in [0, 0.1) is 0 Å². The van der Waals surface area contributed by atoms with Crippen LogP contribution < -0.4 is 10.6 Å². The van der Waals surface area contributed by atoms with E-state index in [9.17, 15) is 4.79 Å². The standard InChI is InChI=1S/C19H19N3OS/c23-19(21-12-16-9-5-2-6-10-16)22-14-18-20-13-17(24-18)11-15-7-3-1-4-8-15/h1-10,13H,11-12,14H2,(H2,21,22,23). The topological polar surface area (TPSA) is 54.0 Å². The van der Waals surface area contributed by atoms with Crippen molar-refractivity contribution in [2.24, 2.45) is 0 Å². The molecular formula is C19H19N3OS. The summed E-state index contributed by atoms with van der Waals surface area (Å²) in [6, 6.07) is 20.0. The number of nitrogens with zero attached hydrogens (tertiary/aromatic N) is 1. The van der Waals surface area contributed by atoms with Crippen LogP contribution >= 0.6 is 11.3 Å². The molecule has 0 aliphatic carbocycles. The van der Waals surface area contributed by atoms with Crippen molar-refractivity contribution < 1.29 is 4.79 Å². The molecule has 0 aliphatic heterocycles. The Morgan fingerprint density at radius 3 is 2.21 bits per heavy atom. The summed E-state index contributed by atoms with van der Waals surface area (Å²) in [5.74, 6) is 0. The van der Waals surface area contributed by atoms with Crippen LogP contribution in [-0.2, 0) is 19.5 Å². The molecule has 0 fully saturated rings. The Kier molecular flexibility index (Phi) is 5.58. The van der Waals surface area contributed by atoms with Gasteiger partial charge in [0.15, 0.2) is 0 Å². The Bertz CT molecular complexity index is 772. The molecule has 2 amide bonds. The Morgan fingerprint density at radius 1 is 0.875 bits per heavy atom. The van der Waals surface area contributed by atoms with Crippen LogP contribution in [0.2, 0.25) is 0 Å². The Morgan fingerprint density at radius 2 is 1.50 bits per heavy atom. The molecule has 4 nitrogen and oxygen atoms in total. The van der Waals surface area contributed by atoms with Gasteiger partial charge in [0.2, 0.25) is 0 Å². The van der Waals surface area contributed by atoms with Crippen molar-refractivity contribution in [2.45, 2.75) is 19.5 Å². The highest BCUT2D eigenvalue weighted by Gasteiger charge is 2.05. The first-order chi connectivity index (χ1) is 11.8. The summed E-state index contributed by atoms with van der Waals surface area (Å²) in [7, 11) is 0. The fraction of sp³-hybridized carbons (Fsp3) is 0.158. The summed E-state index contributed by atoms with van der Waals surface area (Å²) in [6.07, 6.45) is 2.76. The van der Waals surface area contributed by atoms with Gasteiger partial charge in [0.1, 0.15) is 5.01 Å². The van der Waals surface area contributed by atoms with Gasteiger partial charge in [-0.25, -0.2) is 9.78 Å². The summed E-state index contributed by atoms with van der Waals surface area (Å²) < 4.78 is 0. The lowest BCUT2D eigenvalue weighted by Crippen LogP contribution is -2.34. The Balaban J connectivity index is 1.44. The monoisotopic (exact) mass is 337 g/mol. The summed E-state index contributed by atoms with van der Waals surface area (Å²) in [6.45, 7) is 0.962. The SMILES string of the molecule is O=C(NCc1ccccc1)NCc1ncc(Cc2ccccc2)s1. The average molecular weight is 337 g/mol. The molecule has 3 aromatic rings. The van der Waals surface area contributed by atoms with Crippen molar-refractivity contribution in [2.75, 3.05) is 0 Å². The molecule has 0 unspecified atom stereocenters. The number of urea groups is 1. The first-order valence-corrected chi connectivity index (χ1v) is 8.64. The number of hydrogen-bond acceptors (Lipinski definition) is 3. The normalized spacial score (nSPS) is 10.3. The lowest BCUT2D eigenvalue weighted by Gasteiger charge is -2.06. The number of thiazole rings is 1. The second-order valence-electron chi connectivity index (χ2n) is 5.40. The van der Waals surface area contributed by atoms with Crippen LogP contribution in [0.3, 0.4) is 0 Å². The van der Waals surface area contributed by atoms with Gasteiger partial charge in [0.05, 0.1) is 6.54 Å². The number of carbonyl (C=O) groups is 1. The largest absolute Gasteiger partial charge is 0.334 e. The third-order valence-electron chi connectivity index (χ3n) is 3.52. The molecule has 0 saturated heterocycles. The molecule has 0 radical (unpaired) electrons. The Hall–Kier alpha value is -2.66. The number of benzene rings is 2. The van der Waals surface area contributed by atoms with Crippen molar-refractivity contribution in [3.05, 3.63) is 87.9 Å². The predicted molar refractivity (Wildman–Crippen MR) is 96.9 cm³/mol. The van der Waals surface area contributed by atoms with Crippen LogP contribution in [0.1, 0.15) is 21.0 Å². The highest BCUT2D eigenvalue weighted by atomic mass is 32.1. The molecule has 0 spiro atoms. The maximum atomic E-state index is 11.8. The first-order valence-electron chi connectivity index (χ1n) is 7.83. The summed E-state index contributed by atoms with van der Waals surface area (Å²) >= 11 is 1.63. The molecule has 0 saturated carbocycles. The predicted octanol–water partition coefficient (Wildman–Crippen LogP) is 3.73. The molecular weight excluding hydrogens is 318 g/mol. The minimum Gasteiger partial charge on any atom is -0.334 e. The fourth-order valence-electron chi connectivity index (χ4n) is 2.31. The zero-order valence-corrected chi connectivity index (χ0v) is 14.1. The van der Waals surface area contributed by atoms with Crippen molar-refractivity contribution in [1.82, 2.24) is 15.6 Å². The second kappa shape index (κ2) is 8.26. The van der Waals surface area contributed by atoms with Crippen molar-refractivity contribution >= 4 is 17.4 Å². The second-order valence-corrected chi connectivity index (χ2v) is 6.60. The number of hydrogen-bond donors (Lipinski definition) is 2. The summed E-state index contributed by atoms with van der Waals surface area (Å²) in [4.78, 5) is 17.4. The molecule has 1 aromatic heterocycles. The van der Waals surface area contributed by atoms with E-state index >= 15 is 0 Å². The smallest absolute Gasteiger partial charge is 0.315 e. The highest BCUT2D eigenvalue weighted by Crippen LogP contribution is 2.17. The summed E-state index contributed by atoms with van der Waals surface area (Å²) in [5.41, 5.74) is 2.34. The van der Waals surface area contributed by atoms with Gasteiger partial charge in [-0.05, 0) is 11.1 Å². The Labute approximate surface area is 145 Å². The average Bonchev–Trinajstić information content (AvgIpc) is 3.07. The number of amides is 2. The van der Waals surface area contributed by atoms with E-state index < -0.39 is 0 Å². The van der Waals surface area contributed by atoms with Gasteiger partial charge in [-0.2, -0.15) is 0 Å². The van der Waals surface area contributed by atoms with Crippen molar-refractivity contribution in [3.63, 3.8) is 0 Å². The zero-order valence-electron chi connectivity index (χ0n) is 13.2. The van der Waals surface area contributed by atoms with E-state index in [0.717, 1.165) is 17.0 Å². The maximum absolute atomic E-state index is 11.8. The van der Waals surface area contributed by atoms with Gasteiger partial charge >= 0.3 is 6.03 Å². The van der Waals surface area contributed by atoms with E-state index in [1.807, 2.05) is 54.7 Å². The van der Waals surface area contributed by atoms with E-state index in [4.69, 9.17) is 0 Å². The van der Waals surface area contributed by atoms with Crippen LogP contribution in [0.25, 0.3) is 0 Å². The molecule has 122 valence electrons. The minimum absolute atomic E-state index is 0.182. The number of nitrogens with one attached hydrogen (secondary N) is 2. The van der Waals surface area contributed by atoms with Gasteiger partial charge in [-0.1, -0.05) is 60.7 Å². The van der Waals surface area contributed by atoms with E-state index in [-0.39, 0.29) is 6.03 Å². The van der Waals surface area contributed by atoms with Gasteiger partial charge in [0.25, 0.3) is 0 Å². The maximum Gasteiger partial charge on any atom is 0.315 e. The van der Waals surface area contributed by atoms with Crippen molar-refractivity contribution in [1.29, 1.82) is 0 Å². The lowest BCUT2D eigenvalue weighted by atomic mass is 10.1. The van der Waals surface area contributed by atoms with E-state index in [0.29, 0.717) is 13.1 Å². The van der Waals surface area contributed by atoms with Gasteiger partial charge in [-0.15, -0.1) is 11.3 Å². The molecule has 2 N–H and O–H groups in total. The van der Waals surface area contributed by atoms with Gasteiger partial charge < -0.3 is 10.6 Å². The first kappa shape index (κ1) is 16.2. The number of aromatic nitrogens is 1. The van der Waals surface area contributed by atoms with Gasteiger partial charge in [0, 0.05) is 24.0 Å². The molecule has 0 atom stereocenters. The lowest BCUT2D eigenvalue weighted by molar-refractivity contribution is 0.240. The highest BCUT2D eigenvalue weighted by molar-refractivity contribution is 7.11. The molecule has 5 heteroatoms. The molecule has 3 rings (SSSR count). The van der Waals surface area contributed by atoms with E-state index in [1.165, 1.54) is 10.4 Å². The van der Waals surface area contributed by atoms with Crippen LogP contribution in [0.15, 0.2) is 66.9 Å². The fourth-order valence-corrected chi connectivity index (χ4v) is 3.20. The van der Waals surface area contributed by atoms with Crippen LogP contribution in [0.4, 0.5) is 4.79 Å². The van der Waals surface area contributed by atoms with Crippen LogP contribution in [0.5, 0.6) is 0 Å². The summed E-state index contributed by atoms with van der Waals surface area (Å²) in [5, 5.41) is 6.60. The van der Waals surface area contributed by atoms with Gasteiger partial charge in [-0.3, -0.25) is 0 Å². The van der Waals surface area contributed by atoms with Crippen molar-refractivity contribution in [3.8, 4) is 0 Å². The molecule has 24 heavy (non-hydrogen) atoms. The number of rotatable bonds is 6. The zero-order chi connectivity index (χ0) is 16.6. The third-order valence-corrected chi connectivity index (χ3v) is 4.52. The number of carbonyl (C=O) groups excluding carboxylic acids is 1. The minimum atomic E-state index is -0.182. The van der Waals surface area contributed by atoms with E-state index in [1.54, 1.807) is 11.3 Å². The molecule has 0 bridgehead atoms. The molecule has 1 heterocycles. The third kappa shape index (κ3) is 4.93.